The van der Waals surface area contributed by atoms with E-state index in [2.05, 4.69) is 25.9 Å². The van der Waals surface area contributed by atoms with Crippen LogP contribution in [0.4, 0.5) is 17.5 Å². The van der Waals surface area contributed by atoms with E-state index in [4.69, 9.17) is 0 Å². The zero-order valence-electron chi connectivity index (χ0n) is 16.7. The van der Waals surface area contributed by atoms with Crippen molar-refractivity contribution in [1.29, 1.82) is 0 Å². The van der Waals surface area contributed by atoms with Crippen molar-refractivity contribution in [3.63, 3.8) is 0 Å². The van der Waals surface area contributed by atoms with E-state index >= 15 is 0 Å². The number of nitrogens with zero attached hydrogens (tertiary/aromatic N) is 2. The molecule has 1 unspecified atom stereocenters. The Morgan fingerprint density at radius 3 is 2.71 bits per heavy atom. The molecule has 158 valence electrons. The van der Waals surface area contributed by atoms with Gasteiger partial charge in [0.1, 0.15) is 11.4 Å². The lowest BCUT2D eigenvalue weighted by molar-refractivity contribution is 0.0696. The second-order valence-corrected chi connectivity index (χ2v) is 7.17. The Bertz CT molecular complexity index is 1140. The van der Waals surface area contributed by atoms with E-state index in [9.17, 15) is 19.8 Å². The van der Waals surface area contributed by atoms with Crippen LogP contribution in [0.25, 0.3) is 0 Å². The number of rotatable bonds is 7. The van der Waals surface area contributed by atoms with Crippen molar-refractivity contribution in [3.05, 3.63) is 77.0 Å². The standard InChI is InChI=1S/C22H21N5O4/c1-12-16-9-14(7-8-15(16)20(29)24-12)25-22-23-10-17(21(30)31)19(27-22)26-18(11-28)13-5-3-2-4-6-13/h2-10,12,18,28H,11H2,1H3,(H,24,29)(H,30,31)(H2,23,25,26,27)/t12?,18-/m1/s1. The number of carbonyl (C=O) groups is 2. The number of fused-ring (bicyclic) bond motifs is 1. The number of hydrogen-bond acceptors (Lipinski definition) is 7. The number of carboxylic acid groups (broad SMARTS) is 1. The lowest BCUT2D eigenvalue weighted by atomic mass is 10.1. The van der Waals surface area contributed by atoms with E-state index in [0.717, 1.165) is 11.1 Å². The number of nitrogens with one attached hydrogen (secondary N) is 3. The number of aromatic nitrogens is 2. The number of aromatic carboxylic acids is 1. The maximum Gasteiger partial charge on any atom is 0.341 e. The summed E-state index contributed by atoms with van der Waals surface area (Å²) in [4.78, 5) is 32.0. The summed E-state index contributed by atoms with van der Waals surface area (Å²) in [5.41, 5.74) is 2.82. The number of amides is 1. The third-order valence-corrected chi connectivity index (χ3v) is 5.08. The van der Waals surface area contributed by atoms with Crippen LogP contribution in [0.3, 0.4) is 0 Å². The van der Waals surface area contributed by atoms with Crippen molar-refractivity contribution in [3.8, 4) is 0 Å². The second kappa shape index (κ2) is 8.41. The van der Waals surface area contributed by atoms with Crippen molar-refractivity contribution in [2.24, 2.45) is 0 Å². The van der Waals surface area contributed by atoms with Crippen LogP contribution in [0.2, 0.25) is 0 Å². The van der Waals surface area contributed by atoms with E-state index in [1.165, 1.54) is 6.20 Å². The number of aliphatic hydroxyl groups excluding tert-OH is 1. The minimum absolute atomic E-state index is 0.0827. The molecule has 4 rings (SSSR count). The number of hydrogen-bond donors (Lipinski definition) is 5. The average Bonchev–Trinajstić information content (AvgIpc) is 3.05. The molecule has 0 saturated heterocycles. The molecule has 2 atom stereocenters. The van der Waals surface area contributed by atoms with Gasteiger partial charge in [-0.15, -0.1) is 0 Å². The molecule has 3 aromatic rings. The molecule has 0 radical (unpaired) electrons. The van der Waals surface area contributed by atoms with Gasteiger partial charge in [-0.2, -0.15) is 4.98 Å². The van der Waals surface area contributed by atoms with Gasteiger partial charge in [-0.1, -0.05) is 30.3 Å². The highest BCUT2D eigenvalue weighted by molar-refractivity contribution is 5.99. The molecule has 1 aromatic heterocycles. The Hall–Kier alpha value is -3.98. The average molecular weight is 419 g/mol. The molecule has 1 aliphatic heterocycles. The van der Waals surface area contributed by atoms with Gasteiger partial charge in [0.15, 0.2) is 0 Å². The molecule has 1 amide bonds. The number of anilines is 3. The van der Waals surface area contributed by atoms with Crippen LogP contribution >= 0.6 is 0 Å². The number of aliphatic hydroxyl groups is 1. The molecule has 2 aromatic carbocycles. The number of carbonyl (C=O) groups excluding carboxylic acids is 1. The molecule has 5 N–H and O–H groups in total. The van der Waals surface area contributed by atoms with E-state index in [1.807, 2.05) is 43.3 Å². The summed E-state index contributed by atoms with van der Waals surface area (Å²) in [7, 11) is 0. The minimum Gasteiger partial charge on any atom is -0.477 e. The predicted octanol–water partition coefficient (Wildman–Crippen LogP) is 2.87. The fourth-order valence-corrected chi connectivity index (χ4v) is 3.48. The molecular weight excluding hydrogens is 398 g/mol. The van der Waals surface area contributed by atoms with Gasteiger partial charge in [0.2, 0.25) is 5.95 Å². The van der Waals surface area contributed by atoms with Crippen LogP contribution in [-0.4, -0.2) is 38.7 Å². The van der Waals surface area contributed by atoms with Crippen molar-refractivity contribution < 1.29 is 19.8 Å². The Labute approximate surface area is 178 Å². The SMILES string of the molecule is CC1NC(=O)c2ccc(Nc3ncc(C(=O)O)c(N[C@H](CO)c4ccccc4)n3)cc21. The largest absolute Gasteiger partial charge is 0.477 e. The van der Waals surface area contributed by atoms with Crippen molar-refractivity contribution in [2.75, 3.05) is 17.2 Å². The monoisotopic (exact) mass is 419 g/mol. The third-order valence-electron chi connectivity index (χ3n) is 5.08. The van der Waals surface area contributed by atoms with Crippen LogP contribution in [0.1, 0.15) is 50.9 Å². The first kappa shape index (κ1) is 20.3. The number of benzene rings is 2. The highest BCUT2D eigenvalue weighted by Crippen LogP contribution is 2.29. The molecule has 0 fully saturated rings. The van der Waals surface area contributed by atoms with Gasteiger partial charge >= 0.3 is 5.97 Å². The summed E-state index contributed by atoms with van der Waals surface area (Å²) in [6.07, 6.45) is 1.21. The summed E-state index contributed by atoms with van der Waals surface area (Å²) in [6.45, 7) is 1.64. The van der Waals surface area contributed by atoms with Crippen LogP contribution in [0, 0.1) is 0 Å². The zero-order valence-corrected chi connectivity index (χ0v) is 16.7. The fourth-order valence-electron chi connectivity index (χ4n) is 3.48. The van der Waals surface area contributed by atoms with Gasteiger partial charge in [-0.3, -0.25) is 4.79 Å². The summed E-state index contributed by atoms with van der Waals surface area (Å²) < 4.78 is 0. The van der Waals surface area contributed by atoms with Gasteiger partial charge in [-0.05, 0) is 36.2 Å². The summed E-state index contributed by atoms with van der Waals surface area (Å²) in [5, 5.41) is 28.2. The van der Waals surface area contributed by atoms with Crippen molar-refractivity contribution >= 4 is 29.3 Å². The maximum absolute atomic E-state index is 11.9. The van der Waals surface area contributed by atoms with E-state index in [1.54, 1.807) is 12.1 Å². The highest BCUT2D eigenvalue weighted by atomic mass is 16.4. The molecule has 0 spiro atoms. The maximum atomic E-state index is 11.9. The highest BCUT2D eigenvalue weighted by Gasteiger charge is 2.25. The molecule has 0 aliphatic carbocycles. The minimum atomic E-state index is -1.19. The molecule has 0 saturated carbocycles. The third kappa shape index (κ3) is 4.17. The van der Waals surface area contributed by atoms with Crippen LogP contribution in [0.5, 0.6) is 0 Å². The van der Waals surface area contributed by atoms with Crippen LogP contribution in [-0.2, 0) is 0 Å². The Morgan fingerprint density at radius 1 is 1.23 bits per heavy atom. The Kier molecular flexibility index (Phi) is 5.50. The molecule has 0 bridgehead atoms. The second-order valence-electron chi connectivity index (χ2n) is 7.17. The van der Waals surface area contributed by atoms with Crippen LogP contribution in [0.15, 0.2) is 54.7 Å². The molecular formula is C22H21N5O4. The first-order chi connectivity index (χ1) is 15.0. The van der Waals surface area contributed by atoms with Gasteiger partial charge in [0.05, 0.1) is 18.7 Å². The predicted molar refractivity (Wildman–Crippen MR) is 114 cm³/mol. The summed E-state index contributed by atoms with van der Waals surface area (Å²) >= 11 is 0. The van der Waals surface area contributed by atoms with Crippen molar-refractivity contribution in [2.45, 2.75) is 19.0 Å². The van der Waals surface area contributed by atoms with E-state index in [-0.39, 0.29) is 35.9 Å². The fraction of sp³-hybridized carbons (Fsp3) is 0.182. The zero-order chi connectivity index (χ0) is 22.0. The summed E-state index contributed by atoms with van der Waals surface area (Å²) in [6, 6.07) is 13.8. The topological polar surface area (TPSA) is 136 Å². The quantitative estimate of drug-likeness (QED) is 0.394. The molecule has 2 heterocycles. The summed E-state index contributed by atoms with van der Waals surface area (Å²) in [5.74, 6) is -1.03. The Morgan fingerprint density at radius 2 is 2.00 bits per heavy atom. The molecule has 31 heavy (non-hydrogen) atoms. The molecule has 9 nitrogen and oxygen atoms in total. The van der Waals surface area contributed by atoms with Gasteiger partial charge in [-0.25, -0.2) is 9.78 Å². The van der Waals surface area contributed by atoms with Crippen molar-refractivity contribution in [1.82, 2.24) is 15.3 Å². The van der Waals surface area contributed by atoms with Crippen LogP contribution < -0.4 is 16.0 Å². The first-order valence-corrected chi connectivity index (χ1v) is 9.70. The normalized spacial score (nSPS) is 15.7. The Balaban J connectivity index is 1.62. The van der Waals surface area contributed by atoms with Gasteiger partial charge in [0, 0.05) is 17.4 Å². The van der Waals surface area contributed by atoms with Gasteiger partial charge in [0.25, 0.3) is 5.91 Å². The molecule has 1 aliphatic rings. The van der Waals surface area contributed by atoms with E-state index < -0.39 is 12.0 Å². The lowest BCUT2D eigenvalue weighted by Crippen LogP contribution is -2.18. The number of carboxylic acids is 1. The van der Waals surface area contributed by atoms with E-state index in [0.29, 0.717) is 11.3 Å². The molecule has 9 heteroatoms. The lowest BCUT2D eigenvalue weighted by Gasteiger charge is -2.19. The smallest absolute Gasteiger partial charge is 0.341 e. The first-order valence-electron chi connectivity index (χ1n) is 9.70. The van der Waals surface area contributed by atoms with Gasteiger partial charge < -0.3 is 26.2 Å².